The Morgan fingerprint density at radius 2 is 2.18 bits per heavy atom. The molecule has 1 aliphatic rings. The Hall–Kier alpha value is -2.26. The molecular formula is C19H22N4O3S2. The third-order valence-corrected chi connectivity index (χ3v) is 7.66. The Morgan fingerprint density at radius 3 is 2.93 bits per heavy atom. The Morgan fingerprint density at radius 1 is 1.36 bits per heavy atom. The number of sulfone groups is 1. The van der Waals surface area contributed by atoms with Crippen molar-refractivity contribution in [1.82, 2.24) is 14.8 Å². The second-order valence-corrected chi connectivity index (χ2v) is 10.5. The van der Waals surface area contributed by atoms with Crippen molar-refractivity contribution in [1.29, 1.82) is 0 Å². The van der Waals surface area contributed by atoms with Gasteiger partial charge in [-0.2, -0.15) is 5.10 Å². The number of carbonyl (C=O) groups excluding carboxylic acids is 1. The molecule has 1 saturated heterocycles. The SMILES string of the molecule is Cc1cc(NC(=O)CCCc2nc3ccccc3s2)n([C@@H]2CCS(=O)(=O)C2)n1. The molecule has 9 heteroatoms. The molecule has 0 unspecified atom stereocenters. The van der Waals surface area contributed by atoms with E-state index in [0.29, 0.717) is 25.1 Å². The summed E-state index contributed by atoms with van der Waals surface area (Å²) < 4.78 is 26.3. The summed E-state index contributed by atoms with van der Waals surface area (Å²) in [5.41, 5.74) is 1.76. The fraction of sp³-hybridized carbons (Fsp3) is 0.421. The normalized spacial score (nSPS) is 18.5. The highest BCUT2D eigenvalue weighted by molar-refractivity contribution is 7.91. The monoisotopic (exact) mass is 418 g/mol. The molecule has 0 aliphatic carbocycles. The summed E-state index contributed by atoms with van der Waals surface area (Å²) in [7, 11) is -3.01. The number of hydrogen-bond acceptors (Lipinski definition) is 6. The zero-order valence-corrected chi connectivity index (χ0v) is 17.2. The van der Waals surface area contributed by atoms with E-state index in [1.165, 1.54) is 0 Å². The minimum absolute atomic E-state index is 0.0780. The number of aromatic nitrogens is 3. The molecular weight excluding hydrogens is 396 g/mol. The molecule has 3 aromatic rings. The summed E-state index contributed by atoms with van der Waals surface area (Å²) in [5.74, 6) is 0.730. The number of nitrogens with one attached hydrogen (secondary N) is 1. The first-order chi connectivity index (χ1) is 13.4. The number of thiazole rings is 1. The molecule has 0 bridgehead atoms. The van der Waals surface area contributed by atoms with Crippen LogP contribution < -0.4 is 5.32 Å². The largest absolute Gasteiger partial charge is 0.311 e. The number of amides is 1. The lowest BCUT2D eigenvalue weighted by Crippen LogP contribution is -2.19. The van der Waals surface area contributed by atoms with E-state index in [1.54, 1.807) is 22.1 Å². The zero-order chi connectivity index (χ0) is 19.7. The molecule has 4 rings (SSSR count). The van der Waals surface area contributed by atoms with Crippen LogP contribution in [0.2, 0.25) is 0 Å². The molecule has 2 aromatic heterocycles. The fourth-order valence-corrected chi connectivity index (χ4v) is 6.19. The fourth-order valence-electron chi connectivity index (χ4n) is 3.49. The number of rotatable bonds is 6. The standard InChI is InChI=1S/C19H22N4O3S2/c1-13-11-17(23(22-13)14-9-10-28(25,26)12-14)21-18(24)7-4-8-19-20-15-5-2-3-6-16(15)27-19/h2-3,5-6,11,14H,4,7-10,12H2,1H3,(H,21,24)/t14-/m1/s1. The average Bonchev–Trinajstić information content (AvgIpc) is 3.31. The highest BCUT2D eigenvalue weighted by Crippen LogP contribution is 2.27. The minimum atomic E-state index is -3.01. The van der Waals surface area contributed by atoms with E-state index in [4.69, 9.17) is 0 Å². The first kappa shape index (κ1) is 19.1. The number of nitrogens with zero attached hydrogens (tertiary/aromatic N) is 3. The van der Waals surface area contributed by atoms with Crippen LogP contribution in [0.4, 0.5) is 5.82 Å². The maximum Gasteiger partial charge on any atom is 0.225 e. The van der Waals surface area contributed by atoms with Crippen molar-refractivity contribution in [2.75, 3.05) is 16.8 Å². The first-order valence-electron chi connectivity index (χ1n) is 9.30. The number of fused-ring (bicyclic) bond motifs is 1. The summed E-state index contributed by atoms with van der Waals surface area (Å²) in [4.78, 5) is 17.0. The van der Waals surface area contributed by atoms with E-state index in [-0.39, 0.29) is 23.5 Å². The Bertz CT molecular complexity index is 1080. The van der Waals surface area contributed by atoms with E-state index in [9.17, 15) is 13.2 Å². The summed E-state index contributed by atoms with van der Waals surface area (Å²) in [5, 5.41) is 8.32. The van der Waals surface area contributed by atoms with Gasteiger partial charge in [0.25, 0.3) is 0 Å². The number of carbonyl (C=O) groups is 1. The van der Waals surface area contributed by atoms with E-state index < -0.39 is 9.84 Å². The maximum atomic E-state index is 12.4. The highest BCUT2D eigenvalue weighted by atomic mass is 32.2. The summed E-state index contributed by atoms with van der Waals surface area (Å²) >= 11 is 1.66. The molecule has 0 radical (unpaired) electrons. The molecule has 1 N–H and O–H groups in total. The van der Waals surface area contributed by atoms with Gasteiger partial charge < -0.3 is 5.32 Å². The minimum Gasteiger partial charge on any atom is -0.311 e. The summed E-state index contributed by atoms with van der Waals surface area (Å²) in [6.45, 7) is 1.84. The van der Waals surface area contributed by atoms with Crippen molar-refractivity contribution in [3.63, 3.8) is 0 Å². The van der Waals surface area contributed by atoms with Crippen molar-refractivity contribution in [2.24, 2.45) is 0 Å². The lowest BCUT2D eigenvalue weighted by Gasteiger charge is -2.13. The zero-order valence-electron chi connectivity index (χ0n) is 15.6. The van der Waals surface area contributed by atoms with E-state index in [0.717, 1.165) is 27.3 Å². The Kier molecular flexibility index (Phi) is 5.20. The topological polar surface area (TPSA) is 94.0 Å². The van der Waals surface area contributed by atoms with E-state index in [2.05, 4.69) is 21.5 Å². The number of hydrogen-bond donors (Lipinski definition) is 1. The van der Waals surface area contributed by atoms with Gasteiger partial charge in [-0.05, 0) is 38.3 Å². The molecule has 0 saturated carbocycles. The van der Waals surface area contributed by atoms with Crippen LogP contribution in [-0.4, -0.2) is 40.6 Å². The molecule has 0 spiro atoms. The van der Waals surface area contributed by atoms with Gasteiger partial charge in [-0.1, -0.05) is 12.1 Å². The van der Waals surface area contributed by atoms with Crippen LogP contribution in [0.25, 0.3) is 10.2 Å². The quantitative estimate of drug-likeness (QED) is 0.664. The van der Waals surface area contributed by atoms with Crippen LogP contribution in [-0.2, 0) is 21.1 Å². The van der Waals surface area contributed by atoms with Crippen LogP contribution in [0.5, 0.6) is 0 Å². The average molecular weight is 419 g/mol. The van der Waals surface area contributed by atoms with Gasteiger partial charge in [0.15, 0.2) is 9.84 Å². The molecule has 148 valence electrons. The second-order valence-electron chi connectivity index (χ2n) is 7.15. The van der Waals surface area contributed by atoms with Crippen molar-refractivity contribution in [3.8, 4) is 0 Å². The van der Waals surface area contributed by atoms with Gasteiger partial charge in [-0.25, -0.2) is 18.1 Å². The molecule has 1 fully saturated rings. The molecule has 1 amide bonds. The molecule has 28 heavy (non-hydrogen) atoms. The van der Waals surface area contributed by atoms with Crippen molar-refractivity contribution < 1.29 is 13.2 Å². The van der Waals surface area contributed by atoms with E-state index in [1.807, 2.05) is 25.1 Å². The van der Waals surface area contributed by atoms with Gasteiger partial charge >= 0.3 is 0 Å². The van der Waals surface area contributed by atoms with Gasteiger partial charge in [-0.3, -0.25) is 4.79 Å². The van der Waals surface area contributed by atoms with E-state index >= 15 is 0 Å². The predicted molar refractivity (Wildman–Crippen MR) is 110 cm³/mol. The number of anilines is 1. The molecule has 7 nitrogen and oxygen atoms in total. The van der Waals surface area contributed by atoms with Gasteiger partial charge in [0.05, 0.1) is 38.5 Å². The Labute approximate surface area is 167 Å². The van der Waals surface area contributed by atoms with Crippen LogP contribution in [0.1, 0.15) is 36.0 Å². The van der Waals surface area contributed by atoms with Gasteiger partial charge in [0, 0.05) is 12.5 Å². The Balaban J connectivity index is 1.35. The third-order valence-electron chi connectivity index (χ3n) is 4.81. The molecule has 1 atom stereocenters. The molecule has 1 aromatic carbocycles. The van der Waals surface area contributed by atoms with Crippen LogP contribution in [0.3, 0.4) is 0 Å². The third kappa shape index (κ3) is 4.25. The van der Waals surface area contributed by atoms with Gasteiger partial charge in [0.1, 0.15) is 5.82 Å². The summed E-state index contributed by atoms with van der Waals surface area (Å²) in [6.07, 6.45) is 2.37. The lowest BCUT2D eigenvalue weighted by atomic mass is 10.2. The van der Waals surface area contributed by atoms with Crippen LogP contribution >= 0.6 is 11.3 Å². The smallest absolute Gasteiger partial charge is 0.225 e. The van der Waals surface area contributed by atoms with Crippen molar-refractivity contribution in [3.05, 3.63) is 41.0 Å². The van der Waals surface area contributed by atoms with Gasteiger partial charge in [0.2, 0.25) is 5.91 Å². The maximum absolute atomic E-state index is 12.4. The van der Waals surface area contributed by atoms with Crippen LogP contribution in [0, 0.1) is 6.92 Å². The molecule has 1 aliphatic heterocycles. The highest BCUT2D eigenvalue weighted by Gasteiger charge is 2.31. The van der Waals surface area contributed by atoms with Gasteiger partial charge in [-0.15, -0.1) is 11.3 Å². The number of aryl methyl sites for hydroxylation is 2. The number of para-hydroxylation sites is 1. The first-order valence-corrected chi connectivity index (χ1v) is 11.9. The second kappa shape index (κ2) is 7.63. The lowest BCUT2D eigenvalue weighted by molar-refractivity contribution is -0.116. The molecule has 3 heterocycles. The summed E-state index contributed by atoms with van der Waals surface area (Å²) in [6, 6.07) is 9.59. The predicted octanol–water partition coefficient (Wildman–Crippen LogP) is 3.12. The van der Waals surface area contributed by atoms with Crippen molar-refractivity contribution >= 4 is 43.1 Å². The number of benzene rings is 1. The van der Waals surface area contributed by atoms with Crippen LogP contribution in [0.15, 0.2) is 30.3 Å². The van der Waals surface area contributed by atoms with Crippen molar-refractivity contribution in [2.45, 2.75) is 38.6 Å².